The highest BCUT2D eigenvalue weighted by molar-refractivity contribution is 7.13. The van der Waals surface area contributed by atoms with Crippen LogP contribution in [-0.4, -0.2) is 16.8 Å². The van der Waals surface area contributed by atoms with Gasteiger partial charge in [0.25, 0.3) is 5.91 Å². The number of nitrogens with zero attached hydrogens (tertiary/aromatic N) is 1. The monoisotopic (exact) mass is 367 g/mol. The van der Waals surface area contributed by atoms with Crippen LogP contribution in [0, 0.1) is 0 Å². The molecule has 3 aromatic rings. The Morgan fingerprint density at radius 2 is 1.88 bits per heavy atom. The fourth-order valence-corrected chi connectivity index (χ4v) is 3.04. The number of hydrogen-bond donors (Lipinski definition) is 2. The summed E-state index contributed by atoms with van der Waals surface area (Å²) in [6, 6.07) is 16.5. The van der Waals surface area contributed by atoms with Crippen molar-refractivity contribution in [3.8, 4) is 10.8 Å². The van der Waals surface area contributed by atoms with Crippen LogP contribution >= 0.6 is 11.3 Å². The first-order chi connectivity index (χ1) is 12.6. The minimum Gasteiger partial charge on any atom is -0.447 e. The van der Waals surface area contributed by atoms with Gasteiger partial charge in [0.15, 0.2) is 5.06 Å². The lowest BCUT2D eigenvalue weighted by Gasteiger charge is -2.08. The molecule has 0 radical (unpaired) electrons. The summed E-state index contributed by atoms with van der Waals surface area (Å²) >= 11 is 1.46. The maximum atomic E-state index is 12.4. The van der Waals surface area contributed by atoms with Gasteiger partial charge in [-0.05, 0) is 36.4 Å². The van der Waals surface area contributed by atoms with Crippen LogP contribution in [0.25, 0.3) is 0 Å². The summed E-state index contributed by atoms with van der Waals surface area (Å²) in [7, 11) is 0. The molecule has 7 heteroatoms. The second-order valence-corrected chi connectivity index (χ2v) is 6.53. The van der Waals surface area contributed by atoms with Crippen LogP contribution in [0.4, 0.5) is 5.82 Å². The lowest BCUT2D eigenvalue weighted by Crippen LogP contribution is -2.24. The van der Waals surface area contributed by atoms with Crippen molar-refractivity contribution in [1.82, 2.24) is 10.3 Å². The number of carbonyl (C=O) groups is 2. The van der Waals surface area contributed by atoms with Gasteiger partial charge in [-0.25, -0.2) is 4.98 Å². The maximum Gasteiger partial charge on any atom is 0.255 e. The molecule has 132 valence electrons. The molecule has 0 aliphatic heterocycles. The first kappa shape index (κ1) is 17.6. The molecule has 2 amide bonds. The van der Waals surface area contributed by atoms with Crippen LogP contribution in [0.5, 0.6) is 10.8 Å². The molecule has 6 nitrogen and oxygen atoms in total. The van der Waals surface area contributed by atoms with Crippen molar-refractivity contribution in [2.75, 3.05) is 5.32 Å². The van der Waals surface area contributed by atoms with Gasteiger partial charge in [0.1, 0.15) is 11.6 Å². The van der Waals surface area contributed by atoms with E-state index in [0.29, 0.717) is 12.1 Å². The van der Waals surface area contributed by atoms with E-state index >= 15 is 0 Å². The number of carbonyl (C=O) groups excluding carboxylic acids is 2. The molecule has 0 unspecified atom stereocenters. The summed E-state index contributed by atoms with van der Waals surface area (Å²) in [5.41, 5.74) is 0.319. The number of para-hydroxylation sites is 1. The van der Waals surface area contributed by atoms with Crippen molar-refractivity contribution in [3.05, 3.63) is 71.2 Å². The van der Waals surface area contributed by atoms with E-state index in [1.165, 1.54) is 24.5 Å². The number of benzene rings is 1. The molecule has 3 rings (SSSR count). The van der Waals surface area contributed by atoms with Gasteiger partial charge in [-0.15, -0.1) is 11.3 Å². The number of anilines is 1. The third-order valence-corrected chi connectivity index (χ3v) is 4.33. The highest BCUT2D eigenvalue weighted by Crippen LogP contribution is 2.29. The summed E-state index contributed by atoms with van der Waals surface area (Å²) in [5, 5.41) is 6.14. The zero-order valence-electron chi connectivity index (χ0n) is 14.1. The van der Waals surface area contributed by atoms with Crippen molar-refractivity contribution in [3.63, 3.8) is 0 Å². The van der Waals surface area contributed by atoms with Crippen molar-refractivity contribution in [1.29, 1.82) is 0 Å². The van der Waals surface area contributed by atoms with Gasteiger partial charge in [0.2, 0.25) is 5.91 Å². The van der Waals surface area contributed by atoms with E-state index in [0.717, 1.165) is 15.7 Å². The predicted molar refractivity (Wildman–Crippen MR) is 101 cm³/mol. The number of aromatic nitrogens is 1. The average molecular weight is 367 g/mol. The molecule has 26 heavy (non-hydrogen) atoms. The van der Waals surface area contributed by atoms with Gasteiger partial charge >= 0.3 is 0 Å². The Balaban J connectivity index is 1.61. The fraction of sp³-hybridized carbons (Fsp3) is 0.105. The van der Waals surface area contributed by atoms with Crippen molar-refractivity contribution in [2.45, 2.75) is 13.5 Å². The van der Waals surface area contributed by atoms with E-state index in [2.05, 4.69) is 15.6 Å². The maximum absolute atomic E-state index is 12.4. The van der Waals surface area contributed by atoms with Crippen LogP contribution in [0.1, 0.15) is 22.2 Å². The second kappa shape index (κ2) is 8.26. The van der Waals surface area contributed by atoms with Gasteiger partial charge in [0, 0.05) is 18.0 Å². The molecular weight excluding hydrogens is 350 g/mol. The first-order valence-corrected chi connectivity index (χ1v) is 8.76. The van der Waals surface area contributed by atoms with E-state index in [1.807, 2.05) is 42.5 Å². The normalized spacial score (nSPS) is 10.2. The molecule has 1 aromatic carbocycles. The lowest BCUT2D eigenvalue weighted by atomic mass is 10.2. The average Bonchev–Trinajstić information content (AvgIpc) is 3.08. The minimum atomic E-state index is -0.305. The van der Waals surface area contributed by atoms with E-state index < -0.39 is 0 Å². The Hall–Kier alpha value is -3.19. The van der Waals surface area contributed by atoms with Crippen molar-refractivity contribution in [2.24, 2.45) is 0 Å². The Labute approximate surface area is 154 Å². The molecule has 2 aromatic heterocycles. The standard InChI is InChI=1S/C19H17N3O3S/c1-13(23)22-18-16(8-5-11-20-18)19(24)21-12-15-9-10-17(26-15)25-14-6-3-2-4-7-14/h2-11H,12H2,1H3,(H,21,24)(H,20,22,23). The number of rotatable bonds is 6. The third-order valence-electron chi connectivity index (χ3n) is 3.37. The zero-order chi connectivity index (χ0) is 18.4. The molecule has 0 saturated heterocycles. The number of nitrogens with one attached hydrogen (secondary N) is 2. The lowest BCUT2D eigenvalue weighted by molar-refractivity contribution is -0.114. The fourth-order valence-electron chi connectivity index (χ4n) is 2.23. The van der Waals surface area contributed by atoms with Crippen LogP contribution < -0.4 is 15.4 Å². The summed E-state index contributed by atoms with van der Waals surface area (Å²) in [5.74, 6) is 0.427. The molecule has 0 saturated carbocycles. The van der Waals surface area contributed by atoms with Crippen molar-refractivity contribution < 1.29 is 14.3 Å². The van der Waals surface area contributed by atoms with Gasteiger partial charge in [-0.1, -0.05) is 18.2 Å². The van der Waals surface area contributed by atoms with Gasteiger partial charge in [0.05, 0.1) is 12.1 Å². The van der Waals surface area contributed by atoms with Crippen LogP contribution in [0.3, 0.4) is 0 Å². The number of amides is 2. The van der Waals surface area contributed by atoms with Crippen LogP contribution in [0.15, 0.2) is 60.8 Å². The summed E-state index contributed by atoms with van der Waals surface area (Å²) in [6.07, 6.45) is 1.52. The van der Waals surface area contributed by atoms with E-state index in [1.54, 1.807) is 12.1 Å². The minimum absolute atomic E-state index is 0.247. The van der Waals surface area contributed by atoms with Gasteiger partial charge in [-0.3, -0.25) is 9.59 Å². The Kier molecular flexibility index (Phi) is 5.60. The first-order valence-electron chi connectivity index (χ1n) is 7.94. The topological polar surface area (TPSA) is 80.3 Å². The van der Waals surface area contributed by atoms with Crippen LogP contribution in [0.2, 0.25) is 0 Å². The summed E-state index contributed by atoms with van der Waals surface area (Å²) in [4.78, 5) is 28.6. The molecule has 0 bridgehead atoms. The highest BCUT2D eigenvalue weighted by Gasteiger charge is 2.13. The van der Waals surface area contributed by atoms with Crippen molar-refractivity contribution >= 4 is 29.0 Å². The quantitative estimate of drug-likeness (QED) is 0.694. The molecule has 0 fully saturated rings. The summed E-state index contributed by atoms with van der Waals surface area (Å²) in [6.45, 7) is 1.73. The molecule has 0 aliphatic rings. The van der Waals surface area contributed by atoms with Gasteiger partial charge in [-0.2, -0.15) is 0 Å². The van der Waals surface area contributed by atoms with E-state index in [4.69, 9.17) is 4.74 Å². The number of pyridine rings is 1. The molecule has 0 spiro atoms. The highest BCUT2D eigenvalue weighted by atomic mass is 32.1. The van der Waals surface area contributed by atoms with Crippen LogP contribution in [-0.2, 0) is 11.3 Å². The Morgan fingerprint density at radius 1 is 1.08 bits per heavy atom. The summed E-state index contributed by atoms with van der Waals surface area (Å²) < 4.78 is 5.76. The molecule has 0 atom stereocenters. The Morgan fingerprint density at radius 3 is 2.65 bits per heavy atom. The van der Waals surface area contributed by atoms with Gasteiger partial charge < -0.3 is 15.4 Å². The molecule has 2 N–H and O–H groups in total. The molecule has 2 heterocycles. The Bertz CT molecular complexity index is 909. The third kappa shape index (κ3) is 4.67. The number of hydrogen-bond acceptors (Lipinski definition) is 5. The molecule has 0 aliphatic carbocycles. The predicted octanol–water partition coefficient (Wildman–Crippen LogP) is 3.82. The smallest absolute Gasteiger partial charge is 0.255 e. The SMILES string of the molecule is CC(=O)Nc1ncccc1C(=O)NCc1ccc(Oc2ccccc2)s1. The zero-order valence-corrected chi connectivity index (χ0v) is 14.9. The van der Waals surface area contributed by atoms with E-state index in [9.17, 15) is 9.59 Å². The molecular formula is C19H17N3O3S. The largest absolute Gasteiger partial charge is 0.447 e. The number of thiophene rings is 1. The second-order valence-electron chi connectivity index (χ2n) is 5.40. The van der Waals surface area contributed by atoms with E-state index in [-0.39, 0.29) is 17.6 Å². The number of ether oxygens (including phenoxy) is 1.